The van der Waals surface area contributed by atoms with Crippen LogP contribution in [0.3, 0.4) is 0 Å². The number of piperidine rings is 1. The Balaban J connectivity index is 1.49. The summed E-state index contributed by atoms with van der Waals surface area (Å²) < 4.78 is 42.7. The molecule has 0 N–H and O–H groups in total. The first-order valence-corrected chi connectivity index (χ1v) is 15.6. The van der Waals surface area contributed by atoms with Crippen LogP contribution in [0.25, 0.3) is 20.5 Å². The molecule has 5 rings (SSSR count). The number of hydrogen-bond acceptors (Lipinski definition) is 6. The number of fused-ring (bicyclic) bond motifs is 1. The highest BCUT2D eigenvalue weighted by atomic mass is 32.1. The highest BCUT2D eigenvalue weighted by Gasteiger charge is 2.37. The lowest BCUT2D eigenvalue weighted by Crippen LogP contribution is -2.57. The predicted octanol–water partition coefficient (Wildman–Crippen LogP) is 9.72. The van der Waals surface area contributed by atoms with E-state index in [0.29, 0.717) is 57.6 Å². The first-order valence-electron chi connectivity index (χ1n) is 15.8. The summed E-state index contributed by atoms with van der Waals surface area (Å²) in [6, 6.07) is 13.2. The number of hydrogen-bond donors (Lipinski definition) is 0. The fourth-order valence-corrected chi connectivity index (χ4v) is 7.68. The number of methoxy groups -OCH3 is 2. The monoisotopic (exact) mass is 589 g/mol. The van der Waals surface area contributed by atoms with E-state index in [1.807, 2.05) is 57.2 Å². The van der Waals surface area contributed by atoms with Gasteiger partial charge in [-0.3, -0.25) is 4.90 Å². The summed E-state index contributed by atoms with van der Waals surface area (Å²) in [4.78, 5) is 3.47. The standard InChI is InChI=1S/C36H45NO4S/c1-22-17-27(38-8)12-14-29(22)35-34(30-19-24(3)32(39-9)20-33(30)42-35)41-31-15-13-28(18-23(31)2)40-21-26(5)37-25(4)11-10-16-36(37,6)7/h12-15,17-20,25-26H,10-11,16,21H2,1-9H3/i19D,20D. The largest absolute Gasteiger partial charge is 0.497 e. The van der Waals surface area contributed by atoms with Crippen molar-refractivity contribution < 1.29 is 21.7 Å². The van der Waals surface area contributed by atoms with Crippen molar-refractivity contribution in [2.75, 3.05) is 20.8 Å². The van der Waals surface area contributed by atoms with Gasteiger partial charge in [0.05, 0.1) is 21.8 Å². The first-order chi connectivity index (χ1) is 20.9. The maximum atomic E-state index is 9.06. The molecule has 5 nitrogen and oxygen atoms in total. The van der Waals surface area contributed by atoms with Crippen LogP contribution in [-0.4, -0.2) is 43.3 Å². The minimum Gasteiger partial charge on any atom is -0.497 e. The molecular weight excluding hydrogens is 542 g/mol. The summed E-state index contributed by atoms with van der Waals surface area (Å²) in [5, 5.41) is 0.621. The summed E-state index contributed by atoms with van der Waals surface area (Å²) in [6.07, 6.45) is 3.70. The van der Waals surface area contributed by atoms with Gasteiger partial charge in [0.25, 0.3) is 0 Å². The molecule has 1 saturated heterocycles. The van der Waals surface area contributed by atoms with Gasteiger partial charge in [-0.25, -0.2) is 0 Å². The van der Waals surface area contributed by atoms with Crippen molar-refractivity contribution in [1.82, 2.24) is 4.90 Å². The van der Waals surface area contributed by atoms with Crippen LogP contribution >= 0.6 is 11.3 Å². The zero-order chi connectivity index (χ0) is 31.9. The van der Waals surface area contributed by atoms with E-state index in [0.717, 1.165) is 33.1 Å². The zero-order valence-electron chi connectivity index (χ0n) is 28.4. The molecule has 0 aliphatic carbocycles. The molecule has 1 fully saturated rings. The predicted molar refractivity (Wildman–Crippen MR) is 175 cm³/mol. The van der Waals surface area contributed by atoms with Gasteiger partial charge in [-0.05, 0) is 132 Å². The smallest absolute Gasteiger partial charge is 0.153 e. The second kappa shape index (κ2) is 12.2. The van der Waals surface area contributed by atoms with E-state index < -0.39 is 0 Å². The minimum absolute atomic E-state index is 0.162. The lowest BCUT2D eigenvalue weighted by Gasteiger charge is -2.49. The number of nitrogens with zero attached hydrogens (tertiary/aromatic N) is 1. The van der Waals surface area contributed by atoms with Gasteiger partial charge in [-0.15, -0.1) is 11.3 Å². The van der Waals surface area contributed by atoms with Gasteiger partial charge in [0.15, 0.2) is 5.75 Å². The van der Waals surface area contributed by atoms with Crippen molar-refractivity contribution in [2.24, 2.45) is 0 Å². The fraction of sp³-hybridized carbons (Fsp3) is 0.444. The fourth-order valence-electron chi connectivity index (χ4n) is 6.51. The first kappa shape index (κ1) is 27.6. The van der Waals surface area contributed by atoms with E-state index in [1.54, 1.807) is 14.2 Å². The second-order valence-corrected chi connectivity index (χ2v) is 13.2. The molecule has 0 spiro atoms. The van der Waals surface area contributed by atoms with Gasteiger partial charge in [-0.2, -0.15) is 0 Å². The van der Waals surface area contributed by atoms with Gasteiger partial charge in [0.1, 0.15) is 29.6 Å². The Labute approximate surface area is 258 Å². The molecule has 42 heavy (non-hydrogen) atoms. The van der Waals surface area contributed by atoms with Crippen LogP contribution in [0.1, 0.15) is 66.4 Å². The molecule has 2 unspecified atom stereocenters. The molecule has 1 aliphatic rings. The van der Waals surface area contributed by atoms with Crippen molar-refractivity contribution in [3.8, 4) is 39.2 Å². The molecule has 1 aliphatic heterocycles. The molecule has 0 saturated carbocycles. The number of rotatable bonds is 9. The number of thiophene rings is 1. The molecular formula is C36H45NO4S. The topological polar surface area (TPSA) is 40.2 Å². The third-order valence-corrected chi connectivity index (χ3v) is 9.66. The van der Waals surface area contributed by atoms with Crippen molar-refractivity contribution >= 4 is 21.4 Å². The molecule has 2 atom stereocenters. The Bertz CT molecular complexity index is 1680. The second-order valence-electron chi connectivity index (χ2n) is 12.2. The maximum absolute atomic E-state index is 9.06. The summed E-state index contributed by atoms with van der Waals surface area (Å²) in [7, 11) is 3.20. The molecule has 0 bridgehead atoms. The number of likely N-dealkylation sites (tertiary alicyclic amines) is 1. The molecule has 3 aromatic carbocycles. The Hall–Kier alpha value is -3.22. The van der Waals surface area contributed by atoms with Crippen LogP contribution in [0.2, 0.25) is 0 Å². The van der Waals surface area contributed by atoms with Crippen LogP contribution in [0, 0.1) is 20.8 Å². The summed E-state index contributed by atoms with van der Waals surface area (Å²) in [5.74, 6) is 3.26. The highest BCUT2D eigenvalue weighted by Crippen LogP contribution is 2.49. The van der Waals surface area contributed by atoms with Gasteiger partial charge >= 0.3 is 0 Å². The zero-order valence-corrected chi connectivity index (χ0v) is 27.3. The number of ether oxygens (including phenoxy) is 4. The highest BCUT2D eigenvalue weighted by molar-refractivity contribution is 7.22. The van der Waals surface area contributed by atoms with E-state index in [2.05, 4.69) is 32.6 Å². The summed E-state index contributed by atoms with van der Waals surface area (Å²) in [5.41, 5.74) is 3.70. The van der Waals surface area contributed by atoms with Crippen LogP contribution in [0.15, 0.2) is 48.5 Å². The summed E-state index contributed by atoms with van der Waals surface area (Å²) >= 11 is 1.45. The van der Waals surface area contributed by atoms with Crippen LogP contribution < -0.4 is 18.9 Å². The third-order valence-electron chi connectivity index (χ3n) is 8.54. The van der Waals surface area contributed by atoms with Gasteiger partial charge < -0.3 is 18.9 Å². The average molecular weight is 590 g/mol. The molecule has 1 aromatic heterocycles. The van der Waals surface area contributed by atoms with E-state index in [4.69, 9.17) is 21.7 Å². The van der Waals surface area contributed by atoms with Gasteiger partial charge in [0.2, 0.25) is 0 Å². The Morgan fingerprint density at radius 1 is 0.976 bits per heavy atom. The minimum atomic E-state index is 0.162. The number of aryl methyl sites for hydroxylation is 2. The Kier molecular flexibility index (Phi) is 8.00. The van der Waals surface area contributed by atoms with Gasteiger partial charge in [0, 0.05) is 27.7 Å². The SMILES string of the molecule is [2H]c1c(OC)c(C)c([2H])c2c(Oc3ccc(OCC(C)N4C(C)CCCC4(C)C)cc3C)c(-c3ccc(OC)cc3C)sc12. The maximum Gasteiger partial charge on any atom is 0.153 e. The summed E-state index contributed by atoms with van der Waals surface area (Å²) in [6.45, 7) is 15.7. The lowest BCUT2D eigenvalue weighted by molar-refractivity contribution is -0.0169. The normalized spacial score (nSPS) is 18.4. The molecule has 2 heterocycles. The van der Waals surface area contributed by atoms with Crippen LogP contribution in [0.5, 0.6) is 28.7 Å². The van der Waals surface area contributed by atoms with Crippen LogP contribution in [0.4, 0.5) is 0 Å². The molecule has 0 amide bonds. The third kappa shape index (κ3) is 5.97. The molecule has 4 aromatic rings. The Morgan fingerprint density at radius 2 is 1.71 bits per heavy atom. The molecule has 224 valence electrons. The molecule has 6 heteroatoms. The number of benzene rings is 3. The van der Waals surface area contributed by atoms with Crippen molar-refractivity contribution in [2.45, 2.75) is 85.4 Å². The van der Waals surface area contributed by atoms with E-state index >= 15 is 0 Å². The Morgan fingerprint density at radius 3 is 2.38 bits per heavy atom. The van der Waals surface area contributed by atoms with Crippen molar-refractivity contribution in [1.29, 1.82) is 0 Å². The van der Waals surface area contributed by atoms with E-state index in [-0.39, 0.29) is 11.6 Å². The molecule has 0 radical (unpaired) electrons. The van der Waals surface area contributed by atoms with Crippen LogP contribution in [-0.2, 0) is 0 Å². The van der Waals surface area contributed by atoms with Gasteiger partial charge in [-0.1, -0.05) is 6.42 Å². The van der Waals surface area contributed by atoms with Crippen molar-refractivity contribution in [3.05, 3.63) is 65.2 Å². The lowest BCUT2D eigenvalue weighted by atomic mass is 9.85. The quantitative estimate of drug-likeness (QED) is 0.194. The van der Waals surface area contributed by atoms with Crippen molar-refractivity contribution in [3.63, 3.8) is 0 Å². The van der Waals surface area contributed by atoms with E-state index in [9.17, 15) is 0 Å². The van der Waals surface area contributed by atoms with E-state index in [1.165, 1.54) is 30.6 Å². The average Bonchev–Trinajstić information content (AvgIpc) is 3.35.